The molecule has 0 radical (unpaired) electrons. The fraction of sp³-hybridized carbons (Fsp3) is 0.300. The lowest BCUT2D eigenvalue weighted by atomic mass is 10.1. The molecule has 1 amide bonds. The molecule has 0 atom stereocenters. The first-order chi connectivity index (χ1) is 18.0. The highest BCUT2D eigenvalue weighted by molar-refractivity contribution is 6.31. The molecule has 0 spiro atoms. The first-order valence-corrected chi connectivity index (χ1v) is 13.1. The zero-order valence-corrected chi connectivity index (χ0v) is 22.0. The number of anilines is 1. The van der Waals surface area contributed by atoms with E-state index in [9.17, 15) is 4.79 Å². The van der Waals surface area contributed by atoms with Crippen LogP contribution in [0.25, 0.3) is 10.9 Å². The minimum atomic E-state index is -0.114. The zero-order valence-electron chi connectivity index (χ0n) is 21.3. The van der Waals surface area contributed by atoms with Gasteiger partial charge in [-0.3, -0.25) is 9.69 Å². The predicted octanol–water partition coefficient (Wildman–Crippen LogP) is 7.23. The van der Waals surface area contributed by atoms with Crippen molar-refractivity contribution in [1.82, 2.24) is 9.88 Å². The summed E-state index contributed by atoms with van der Waals surface area (Å²) in [6.07, 6.45) is 2.89. The first kappa shape index (κ1) is 25.2. The maximum absolute atomic E-state index is 13.3. The number of nitrogens with zero attached hydrogens (tertiary/aromatic N) is 1. The number of nitrogens with one attached hydrogen (secondary N) is 2. The van der Waals surface area contributed by atoms with Crippen LogP contribution in [0.3, 0.4) is 0 Å². The first-order valence-electron chi connectivity index (χ1n) is 12.8. The van der Waals surface area contributed by atoms with Crippen LogP contribution < -0.4 is 14.8 Å². The van der Waals surface area contributed by atoms with E-state index in [4.69, 9.17) is 21.1 Å². The van der Waals surface area contributed by atoms with Gasteiger partial charge < -0.3 is 19.8 Å². The number of hydrogen-bond donors (Lipinski definition) is 2. The number of fused-ring (bicyclic) bond motifs is 3. The van der Waals surface area contributed by atoms with Gasteiger partial charge >= 0.3 is 0 Å². The molecule has 192 valence electrons. The molecule has 0 saturated heterocycles. The number of benzene rings is 3. The molecule has 0 fully saturated rings. The quantitative estimate of drug-likeness (QED) is 0.294. The van der Waals surface area contributed by atoms with Gasteiger partial charge in [-0.25, -0.2) is 0 Å². The smallest absolute Gasteiger partial charge is 0.238 e. The molecule has 4 aromatic rings. The van der Waals surface area contributed by atoms with E-state index in [1.165, 1.54) is 16.5 Å². The van der Waals surface area contributed by atoms with Crippen molar-refractivity contribution in [2.24, 2.45) is 0 Å². The van der Waals surface area contributed by atoms with Gasteiger partial charge in [0.15, 0.2) is 17.2 Å². The molecule has 0 aliphatic carbocycles. The van der Waals surface area contributed by atoms with Gasteiger partial charge in [0.05, 0.1) is 18.8 Å². The molecule has 1 aliphatic rings. The summed E-state index contributed by atoms with van der Waals surface area (Å²) in [5, 5.41) is 4.78. The Labute approximate surface area is 222 Å². The lowest BCUT2D eigenvalue weighted by Gasteiger charge is -2.22. The summed E-state index contributed by atoms with van der Waals surface area (Å²) >= 11 is 6.28. The number of carbonyl (C=O) groups excluding carboxylic acids is 1. The van der Waals surface area contributed by atoms with Gasteiger partial charge in [-0.1, -0.05) is 41.9 Å². The number of hydrogen-bond acceptors (Lipinski definition) is 4. The topological polar surface area (TPSA) is 66.6 Å². The molecule has 5 rings (SSSR count). The Kier molecular flexibility index (Phi) is 7.68. The van der Waals surface area contributed by atoms with Crippen molar-refractivity contribution in [2.75, 3.05) is 25.0 Å². The Morgan fingerprint density at radius 3 is 2.62 bits per heavy atom. The van der Waals surface area contributed by atoms with Crippen molar-refractivity contribution in [1.29, 1.82) is 0 Å². The fourth-order valence-electron chi connectivity index (χ4n) is 4.80. The van der Waals surface area contributed by atoms with E-state index in [0.717, 1.165) is 37.0 Å². The van der Waals surface area contributed by atoms with Crippen LogP contribution in [-0.4, -0.2) is 35.5 Å². The minimum Gasteiger partial charge on any atom is -0.490 e. The Morgan fingerprint density at radius 2 is 1.78 bits per heavy atom. The molecule has 2 heterocycles. The number of ether oxygens (including phenoxy) is 2. The monoisotopic (exact) mass is 517 g/mol. The third-order valence-corrected chi connectivity index (χ3v) is 7.05. The van der Waals surface area contributed by atoms with Gasteiger partial charge in [0.2, 0.25) is 5.91 Å². The summed E-state index contributed by atoms with van der Waals surface area (Å²) in [6, 6.07) is 19.2. The summed E-state index contributed by atoms with van der Waals surface area (Å²) in [4.78, 5) is 19.1. The third kappa shape index (κ3) is 5.92. The average Bonchev–Trinajstić information content (AvgIpc) is 3.19. The molecule has 1 aromatic heterocycles. The summed E-state index contributed by atoms with van der Waals surface area (Å²) in [5.74, 6) is 1.67. The Bertz CT molecular complexity index is 1410. The number of rotatable bonds is 2. The second-order valence-electron chi connectivity index (χ2n) is 9.58. The van der Waals surface area contributed by atoms with Crippen molar-refractivity contribution in [3.05, 3.63) is 82.5 Å². The number of aromatic nitrogens is 1. The Morgan fingerprint density at radius 1 is 0.946 bits per heavy atom. The SMILES string of the molecule is Cc1c(CN2CCCCCOc3ccccc3Oc3ccc(Cl)cc3NC(=O)C2)[nH]c2c(C)cccc12. The van der Waals surface area contributed by atoms with E-state index >= 15 is 0 Å². The number of halogens is 1. The number of aryl methyl sites for hydroxylation is 2. The highest BCUT2D eigenvalue weighted by atomic mass is 35.5. The van der Waals surface area contributed by atoms with E-state index in [1.54, 1.807) is 18.2 Å². The predicted molar refractivity (Wildman–Crippen MR) is 149 cm³/mol. The maximum atomic E-state index is 13.3. The molecule has 1 aliphatic heterocycles. The lowest BCUT2D eigenvalue weighted by molar-refractivity contribution is -0.117. The summed E-state index contributed by atoms with van der Waals surface area (Å²) in [5.41, 5.74) is 5.28. The highest BCUT2D eigenvalue weighted by Crippen LogP contribution is 2.36. The molecule has 0 unspecified atom stereocenters. The highest BCUT2D eigenvalue weighted by Gasteiger charge is 2.18. The number of carbonyl (C=O) groups is 1. The largest absolute Gasteiger partial charge is 0.490 e. The van der Waals surface area contributed by atoms with Crippen LogP contribution in [0.4, 0.5) is 5.69 Å². The number of amides is 1. The second-order valence-corrected chi connectivity index (χ2v) is 10.0. The van der Waals surface area contributed by atoms with Crippen molar-refractivity contribution >= 4 is 34.1 Å². The Hall–Kier alpha value is -3.48. The summed E-state index contributed by atoms with van der Waals surface area (Å²) < 4.78 is 12.2. The number of para-hydroxylation sites is 3. The standard InChI is InChI=1S/C30H32ClN3O3/c1-20-9-8-10-23-21(2)25(33-30(20)23)18-34-15-6-3-7-16-36-27-11-4-5-12-28(27)37-26-14-13-22(31)17-24(26)32-29(35)19-34/h4-5,8-14,17,33H,3,6-7,15-16,18-19H2,1-2H3,(H,32,35). The van der Waals surface area contributed by atoms with E-state index in [2.05, 4.69) is 47.2 Å². The summed E-state index contributed by atoms with van der Waals surface area (Å²) in [7, 11) is 0. The van der Waals surface area contributed by atoms with E-state index < -0.39 is 0 Å². The third-order valence-electron chi connectivity index (χ3n) is 6.82. The molecule has 6 nitrogen and oxygen atoms in total. The van der Waals surface area contributed by atoms with Gasteiger partial charge in [0.25, 0.3) is 0 Å². The molecule has 0 bridgehead atoms. The van der Waals surface area contributed by atoms with Crippen molar-refractivity contribution in [3.8, 4) is 17.2 Å². The molecular weight excluding hydrogens is 486 g/mol. The minimum absolute atomic E-state index is 0.114. The van der Waals surface area contributed by atoms with Crippen molar-refractivity contribution < 1.29 is 14.3 Å². The lowest BCUT2D eigenvalue weighted by Crippen LogP contribution is -2.34. The van der Waals surface area contributed by atoms with Crippen LogP contribution in [0.5, 0.6) is 17.2 Å². The summed E-state index contributed by atoms with van der Waals surface area (Å²) in [6.45, 7) is 6.58. The van der Waals surface area contributed by atoms with Gasteiger partial charge in [0, 0.05) is 28.2 Å². The van der Waals surface area contributed by atoms with Crippen LogP contribution in [0.15, 0.2) is 60.7 Å². The molecular formula is C30H32ClN3O3. The Balaban J connectivity index is 1.41. The molecule has 37 heavy (non-hydrogen) atoms. The van der Waals surface area contributed by atoms with Crippen LogP contribution in [0, 0.1) is 13.8 Å². The van der Waals surface area contributed by atoms with E-state index in [0.29, 0.717) is 41.1 Å². The van der Waals surface area contributed by atoms with Crippen molar-refractivity contribution in [2.45, 2.75) is 39.7 Å². The zero-order chi connectivity index (χ0) is 25.8. The van der Waals surface area contributed by atoms with Gasteiger partial charge in [-0.2, -0.15) is 0 Å². The van der Waals surface area contributed by atoms with E-state index in [-0.39, 0.29) is 12.5 Å². The van der Waals surface area contributed by atoms with Crippen LogP contribution in [-0.2, 0) is 11.3 Å². The molecule has 2 N–H and O–H groups in total. The van der Waals surface area contributed by atoms with Crippen molar-refractivity contribution in [3.63, 3.8) is 0 Å². The van der Waals surface area contributed by atoms with Gasteiger partial charge in [-0.05, 0) is 81.1 Å². The van der Waals surface area contributed by atoms with Crippen LogP contribution in [0.1, 0.15) is 36.1 Å². The van der Waals surface area contributed by atoms with Crippen LogP contribution in [0.2, 0.25) is 5.02 Å². The second kappa shape index (κ2) is 11.3. The molecule has 3 aromatic carbocycles. The van der Waals surface area contributed by atoms with E-state index in [1.807, 2.05) is 24.3 Å². The van der Waals surface area contributed by atoms with Crippen LogP contribution >= 0.6 is 11.6 Å². The van der Waals surface area contributed by atoms with Gasteiger partial charge in [0.1, 0.15) is 0 Å². The molecule has 7 heteroatoms. The number of H-pyrrole nitrogens is 1. The number of aromatic amines is 1. The normalized spacial score (nSPS) is 15.5. The maximum Gasteiger partial charge on any atom is 0.238 e. The molecule has 0 saturated carbocycles. The average molecular weight is 518 g/mol. The van der Waals surface area contributed by atoms with Gasteiger partial charge in [-0.15, -0.1) is 0 Å². The fourth-order valence-corrected chi connectivity index (χ4v) is 4.97.